The first-order chi connectivity index (χ1) is 12.5. The van der Waals surface area contributed by atoms with E-state index in [4.69, 9.17) is 8.74 Å². The van der Waals surface area contributed by atoms with Crippen LogP contribution in [-0.4, -0.2) is 30.3 Å². The van der Waals surface area contributed by atoms with Gasteiger partial charge in [-0.1, -0.05) is 13.8 Å². The summed E-state index contributed by atoms with van der Waals surface area (Å²) >= 11 is 0. The van der Waals surface area contributed by atoms with Crippen molar-refractivity contribution in [3.63, 3.8) is 0 Å². The molecule has 0 radical (unpaired) electrons. The number of aliphatic hydroxyl groups is 1. The summed E-state index contributed by atoms with van der Waals surface area (Å²) in [6.45, 7) is 6.84. The van der Waals surface area contributed by atoms with E-state index in [2.05, 4.69) is 13.8 Å². The lowest BCUT2D eigenvalue weighted by molar-refractivity contribution is -0.130. The van der Waals surface area contributed by atoms with E-state index in [0.717, 1.165) is 37.5 Å². The van der Waals surface area contributed by atoms with Crippen LogP contribution in [0.1, 0.15) is 78.6 Å². The topological polar surface area (TPSA) is 83.8 Å². The maximum atomic E-state index is 11.1. The van der Waals surface area contributed by atoms with Gasteiger partial charge in [0.1, 0.15) is 0 Å². The Hall–Kier alpha value is -0.170. The van der Waals surface area contributed by atoms with E-state index in [0.29, 0.717) is 24.2 Å². The number of hydrogen-bond acceptors (Lipinski definition) is 4. The minimum atomic E-state index is -4.36. The monoisotopic (exact) mass is 400 g/mol. The van der Waals surface area contributed by atoms with Crippen molar-refractivity contribution in [1.82, 2.24) is 0 Å². The molecule has 5 nitrogen and oxygen atoms in total. The third kappa shape index (κ3) is 3.28. The third-order valence-electron chi connectivity index (χ3n) is 9.53. The van der Waals surface area contributed by atoms with Crippen LogP contribution in [0, 0.1) is 40.4 Å². The summed E-state index contributed by atoms with van der Waals surface area (Å²) in [5.41, 5.74) is 0.538. The van der Waals surface area contributed by atoms with E-state index in [1.165, 1.54) is 25.7 Å². The van der Waals surface area contributed by atoms with Crippen LogP contribution in [0.2, 0.25) is 0 Å². The average Bonchev–Trinajstić information content (AvgIpc) is 2.91. The van der Waals surface area contributed by atoms with Crippen LogP contribution in [-0.2, 0) is 14.6 Å². The summed E-state index contributed by atoms with van der Waals surface area (Å²) in [5.74, 6) is 3.09. The molecule has 0 heterocycles. The number of hydrogen-bond donors (Lipinski definition) is 2. The maximum Gasteiger partial charge on any atom is 0.397 e. The van der Waals surface area contributed by atoms with Crippen molar-refractivity contribution in [3.05, 3.63) is 0 Å². The molecule has 4 fully saturated rings. The highest BCUT2D eigenvalue weighted by Gasteiger charge is 2.60. The van der Waals surface area contributed by atoms with E-state index in [1.54, 1.807) is 0 Å². The van der Waals surface area contributed by atoms with Crippen LogP contribution in [0.3, 0.4) is 0 Å². The molecule has 0 aromatic rings. The molecule has 6 heteroatoms. The lowest BCUT2D eigenvalue weighted by Gasteiger charge is -2.61. The standard InChI is InChI=1S/C21H36O5S/c1-13(22)17-6-7-18-16-5-4-14-12-15(26-27(23,24)25)8-10-20(14,2)19(16)9-11-21(17,18)3/h13-19,22H,4-12H2,1-3H3,(H,23,24,25)/t13-,14-,15?,16-,17+,18-,19-,20-,21+/m0/s1. The maximum absolute atomic E-state index is 11.1. The molecule has 0 saturated heterocycles. The molecule has 156 valence electrons. The van der Waals surface area contributed by atoms with Crippen LogP contribution >= 0.6 is 0 Å². The molecule has 27 heavy (non-hydrogen) atoms. The summed E-state index contributed by atoms with van der Waals surface area (Å²) in [5, 5.41) is 10.3. The van der Waals surface area contributed by atoms with Gasteiger partial charge in [-0.2, -0.15) is 8.42 Å². The van der Waals surface area contributed by atoms with Gasteiger partial charge < -0.3 is 5.11 Å². The normalized spacial score (nSPS) is 51.1. The van der Waals surface area contributed by atoms with Crippen molar-refractivity contribution in [1.29, 1.82) is 0 Å². The zero-order chi connectivity index (χ0) is 19.6. The highest BCUT2D eigenvalue weighted by molar-refractivity contribution is 7.80. The predicted octanol–water partition coefficient (Wildman–Crippen LogP) is 4.21. The van der Waals surface area contributed by atoms with Crippen molar-refractivity contribution in [2.45, 2.75) is 90.8 Å². The van der Waals surface area contributed by atoms with Crippen LogP contribution in [0.15, 0.2) is 0 Å². The number of fused-ring (bicyclic) bond motifs is 5. The van der Waals surface area contributed by atoms with Gasteiger partial charge in [0.15, 0.2) is 0 Å². The zero-order valence-corrected chi connectivity index (χ0v) is 17.7. The Bertz CT molecular complexity index is 676. The minimum absolute atomic E-state index is 0.212. The van der Waals surface area contributed by atoms with Gasteiger partial charge >= 0.3 is 10.4 Å². The number of rotatable bonds is 3. The molecular formula is C21H36O5S. The first kappa shape index (κ1) is 20.1. The SMILES string of the molecule is C[C@H](O)[C@H]1CC[C@H]2[C@@H]3CC[C@H]4CC(OS(=O)(=O)O)CC[C@]4(C)[C@H]3CC[C@]12C. The van der Waals surface area contributed by atoms with Gasteiger partial charge in [-0.25, -0.2) is 4.18 Å². The van der Waals surface area contributed by atoms with Crippen molar-refractivity contribution in [3.8, 4) is 0 Å². The van der Waals surface area contributed by atoms with E-state index >= 15 is 0 Å². The van der Waals surface area contributed by atoms with Crippen LogP contribution in [0.5, 0.6) is 0 Å². The smallest absolute Gasteiger partial charge is 0.393 e. The first-order valence-electron chi connectivity index (χ1n) is 10.9. The van der Waals surface area contributed by atoms with Crippen molar-refractivity contribution >= 4 is 10.4 Å². The summed E-state index contributed by atoms with van der Waals surface area (Å²) in [4.78, 5) is 0. The van der Waals surface area contributed by atoms with Crippen molar-refractivity contribution in [2.75, 3.05) is 0 Å². The molecule has 4 rings (SSSR count). The second-order valence-electron chi connectivity index (χ2n) is 10.5. The van der Waals surface area contributed by atoms with Gasteiger partial charge in [-0.15, -0.1) is 0 Å². The lowest BCUT2D eigenvalue weighted by Crippen LogP contribution is -2.54. The molecule has 9 atom stereocenters. The van der Waals surface area contributed by atoms with Crippen LogP contribution in [0.4, 0.5) is 0 Å². The molecule has 0 aromatic carbocycles. The molecule has 0 aliphatic heterocycles. The second kappa shape index (κ2) is 6.68. The van der Waals surface area contributed by atoms with E-state index < -0.39 is 10.4 Å². The Morgan fingerprint density at radius 2 is 1.63 bits per heavy atom. The van der Waals surface area contributed by atoms with E-state index in [9.17, 15) is 13.5 Å². The fraction of sp³-hybridized carbons (Fsp3) is 1.00. The van der Waals surface area contributed by atoms with Gasteiger partial charge in [-0.3, -0.25) is 4.55 Å². The Morgan fingerprint density at radius 3 is 2.30 bits per heavy atom. The Kier molecular flexibility index (Phi) is 4.98. The first-order valence-corrected chi connectivity index (χ1v) is 12.2. The van der Waals surface area contributed by atoms with Gasteiger partial charge in [0, 0.05) is 0 Å². The predicted molar refractivity (Wildman–Crippen MR) is 103 cm³/mol. The van der Waals surface area contributed by atoms with Crippen LogP contribution < -0.4 is 0 Å². The summed E-state index contributed by atoms with van der Waals surface area (Å²) in [6.07, 6.45) is 9.08. The largest absolute Gasteiger partial charge is 0.397 e. The van der Waals surface area contributed by atoms with Gasteiger partial charge in [0.05, 0.1) is 12.2 Å². The fourth-order valence-corrected chi connectivity index (χ4v) is 8.83. The molecule has 2 N–H and O–H groups in total. The van der Waals surface area contributed by atoms with Gasteiger partial charge in [0.2, 0.25) is 0 Å². The molecule has 0 spiro atoms. The molecule has 0 amide bonds. The fourth-order valence-electron chi connectivity index (χ4n) is 8.31. The molecular weight excluding hydrogens is 364 g/mol. The van der Waals surface area contributed by atoms with Crippen LogP contribution in [0.25, 0.3) is 0 Å². The molecule has 4 aliphatic rings. The molecule has 4 aliphatic carbocycles. The Labute approximate surface area is 164 Å². The summed E-state index contributed by atoms with van der Waals surface area (Å²) < 4.78 is 36.2. The zero-order valence-electron chi connectivity index (χ0n) is 16.9. The summed E-state index contributed by atoms with van der Waals surface area (Å²) in [6, 6.07) is 0. The van der Waals surface area contributed by atoms with E-state index in [-0.39, 0.29) is 23.0 Å². The average molecular weight is 401 g/mol. The third-order valence-corrected chi connectivity index (χ3v) is 10.0. The van der Waals surface area contributed by atoms with Crippen molar-refractivity contribution in [2.24, 2.45) is 40.4 Å². The number of aliphatic hydroxyl groups excluding tert-OH is 1. The lowest BCUT2D eigenvalue weighted by atomic mass is 9.44. The second-order valence-corrected chi connectivity index (χ2v) is 11.6. The highest BCUT2D eigenvalue weighted by Crippen LogP contribution is 2.67. The quantitative estimate of drug-likeness (QED) is 0.693. The van der Waals surface area contributed by atoms with Gasteiger partial charge in [-0.05, 0) is 105 Å². The van der Waals surface area contributed by atoms with E-state index in [1.807, 2.05) is 6.92 Å². The molecule has 4 saturated carbocycles. The molecule has 1 unspecified atom stereocenters. The molecule has 0 aromatic heterocycles. The Morgan fingerprint density at radius 1 is 0.963 bits per heavy atom. The Balaban J connectivity index is 1.52. The minimum Gasteiger partial charge on any atom is -0.393 e. The van der Waals surface area contributed by atoms with Gasteiger partial charge in [0.25, 0.3) is 0 Å². The van der Waals surface area contributed by atoms with Crippen molar-refractivity contribution < 1.29 is 22.3 Å². The highest BCUT2D eigenvalue weighted by atomic mass is 32.3. The molecule has 0 bridgehead atoms. The summed E-state index contributed by atoms with van der Waals surface area (Å²) in [7, 11) is -4.36.